The Balaban J connectivity index is 1.53. The zero-order valence-electron chi connectivity index (χ0n) is 14.6. The minimum Gasteiger partial charge on any atom is -0.350 e. The molecule has 1 aliphatic rings. The fourth-order valence-electron chi connectivity index (χ4n) is 2.41. The molecule has 1 saturated carbocycles. The molecule has 2 amide bonds. The SMILES string of the molecule is O=C(CNC(=O)c1cccc(S(=O)(=O)NC2CC2)c1)NCc1ccccc1. The first kappa shape index (κ1) is 19.1. The number of carbonyl (C=O) groups excluding carboxylic acids is 2. The molecule has 1 aliphatic carbocycles. The summed E-state index contributed by atoms with van der Waals surface area (Å²) in [6, 6.07) is 15.2. The van der Waals surface area contributed by atoms with Gasteiger partial charge in [-0.05, 0) is 36.6 Å². The van der Waals surface area contributed by atoms with E-state index in [2.05, 4.69) is 15.4 Å². The van der Waals surface area contributed by atoms with Crippen LogP contribution in [0.15, 0.2) is 59.5 Å². The third-order valence-electron chi connectivity index (χ3n) is 4.05. The van der Waals surface area contributed by atoms with Crippen LogP contribution in [0.25, 0.3) is 0 Å². The van der Waals surface area contributed by atoms with Crippen molar-refractivity contribution in [3.05, 3.63) is 65.7 Å². The molecule has 3 rings (SSSR count). The molecular formula is C19H21N3O4S. The summed E-state index contributed by atoms with van der Waals surface area (Å²) in [5.41, 5.74) is 1.14. The number of hydrogen-bond donors (Lipinski definition) is 3. The maximum Gasteiger partial charge on any atom is 0.251 e. The molecule has 27 heavy (non-hydrogen) atoms. The largest absolute Gasteiger partial charge is 0.350 e. The summed E-state index contributed by atoms with van der Waals surface area (Å²) in [4.78, 5) is 24.1. The topological polar surface area (TPSA) is 104 Å². The van der Waals surface area contributed by atoms with Crippen LogP contribution in [-0.4, -0.2) is 32.8 Å². The van der Waals surface area contributed by atoms with Crippen LogP contribution >= 0.6 is 0 Å². The van der Waals surface area contributed by atoms with Crippen molar-refractivity contribution >= 4 is 21.8 Å². The van der Waals surface area contributed by atoms with Crippen molar-refractivity contribution in [2.75, 3.05) is 6.54 Å². The standard InChI is InChI=1S/C19H21N3O4S/c23-18(20-12-14-5-2-1-3-6-14)13-21-19(24)15-7-4-8-17(11-15)27(25,26)22-16-9-10-16/h1-8,11,16,22H,9-10,12-13H2,(H,20,23)(H,21,24). The van der Waals surface area contributed by atoms with Crippen LogP contribution in [-0.2, 0) is 21.4 Å². The lowest BCUT2D eigenvalue weighted by molar-refractivity contribution is -0.120. The highest BCUT2D eigenvalue weighted by Crippen LogP contribution is 2.22. The van der Waals surface area contributed by atoms with E-state index >= 15 is 0 Å². The molecule has 0 aliphatic heterocycles. The first-order chi connectivity index (χ1) is 12.9. The molecule has 0 saturated heterocycles. The second-order valence-corrected chi connectivity index (χ2v) is 8.08. The van der Waals surface area contributed by atoms with Crippen molar-refractivity contribution < 1.29 is 18.0 Å². The highest BCUT2D eigenvalue weighted by molar-refractivity contribution is 7.89. The smallest absolute Gasteiger partial charge is 0.251 e. The molecule has 0 atom stereocenters. The Labute approximate surface area is 158 Å². The fraction of sp³-hybridized carbons (Fsp3) is 0.263. The first-order valence-corrected chi connectivity index (χ1v) is 10.1. The third kappa shape index (κ3) is 5.63. The second-order valence-electron chi connectivity index (χ2n) is 6.37. The maximum atomic E-state index is 12.2. The predicted octanol–water partition coefficient (Wildman–Crippen LogP) is 1.17. The van der Waals surface area contributed by atoms with E-state index in [0.29, 0.717) is 6.54 Å². The number of amides is 2. The van der Waals surface area contributed by atoms with Crippen molar-refractivity contribution in [2.45, 2.75) is 30.3 Å². The second kappa shape index (κ2) is 8.32. The van der Waals surface area contributed by atoms with Gasteiger partial charge in [-0.3, -0.25) is 9.59 Å². The van der Waals surface area contributed by atoms with Gasteiger partial charge < -0.3 is 10.6 Å². The predicted molar refractivity (Wildman–Crippen MR) is 100 cm³/mol. The van der Waals surface area contributed by atoms with E-state index in [1.807, 2.05) is 30.3 Å². The van der Waals surface area contributed by atoms with E-state index in [1.165, 1.54) is 24.3 Å². The lowest BCUT2D eigenvalue weighted by atomic mass is 10.2. The van der Waals surface area contributed by atoms with E-state index in [9.17, 15) is 18.0 Å². The van der Waals surface area contributed by atoms with Crippen LogP contribution in [0.3, 0.4) is 0 Å². The van der Waals surface area contributed by atoms with Crippen molar-refractivity contribution in [2.24, 2.45) is 0 Å². The zero-order chi connectivity index (χ0) is 19.3. The highest BCUT2D eigenvalue weighted by Gasteiger charge is 2.28. The molecule has 2 aromatic carbocycles. The van der Waals surface area contributed by atoms with Crippen LogP contribution in [0, 0.1) is 0 Å². The van der Waals surface area contributed by atoms with Crippen molar-refractivity contribution in [1.82, 2.24) is 15.4 Å². The minimum atomic E-state index is -3.63. The van der Waals surface area contributed by atoms with Crippen LogP contribution in [0.4, 0.5) is 0 Å². The Morgan fingerprint density at radius 1 is 0.963 bits per heavy atom. The Bertz CT molecular complexity index is 925. The first-order valence-electron chi connectivity index (χ1n) is 8.65. The summed E-state index contributed by atoms with van der Waals surface area (Å²) in [7, 11) is -3.63. The van der Waals surface area contributed by atoms with Gasteiger partial charge in [-0.25, -0.2) is 13.1 Å². The number of hydrogen-bond acceptors (Lipinski definition) is 4. The van der Waals surface area contributed by atoms with Gasteiger partial charge in [-0.15, -0.1) is 0 Å². The van der Waals surface area contributed by atoms with Gasteiger partial charge in [0, 0.05) is 18.2 Å². The molecule has 3 N–H and O–H groups in total. The molecule has 0 heterocycles. The minimum absolute atomic E-state index is 0.0132. The lowest BCUT2D eigenvalue weighted by Crippen LogP contribution is -2.36. The van der Waals surface area contributed by atoms with Crippen molar-refractivity contribution in [1.29, 1.82) is 0 Å². The van der Waals surface area contributed by atoms with E-state index in [-0.39, 0.29) is 29.0 Å². The van der Waals surface area contributed by atoms with E-state index in [4.69, 9.17) is 0 Å². The maximum absolute atomic E-state index is 12.2. The van der Waals surface area contributed by atoms with Crippen LogP contribution in [0.1, 0.15) is 28.8 Å². The monoisotopic (exact) mass is 387 g/mol. The summed E-state index contributed by atoms with van der Waals surface area (Å²) in [6.45, 7) is 0.180. The molecule has 1 fully saturated rings. The normalized spacial score (nSPS) is 13.8. The average molecular weight is 387 g/mol. The summed E-state index contributed by atoms with van der Waals surface area (Å²) in [5.74, 6) is -0.834. The number of sulfonamides is 1. The number of rotatable bonds is 8. The Kier molecular flexibility index (Phi) is 5.88. The third-order valence-corrected chi connectivity index (χ3v) is 5.57. The molecule has 8 heteroatoms. The van der Waals surface area contributed by atoms with E-state index in [1.54, 1.807) is 0 Å². The summed E-state index contributed by atoms with van der Waals surface area (Å²) < 4.78 is 27.0. The quantitative estimate of drug-likeness (QED) is 0.632. The molecule has 0 spiro atoms. The van der Waals surface area contributed by atoms with Gasteiger partial charge in [0.15, 0.2) is 0 Å². The van der Waals surface area contributed by atoms with Crippen LogP contribution < -0.4 is 15.4 Å². The van der Waals surface area contributed by atoms with Gasteiger partial charge in [-0.2, -0.15) is 0 Å². The molecule has 2 aromatic rings. The molecule has 0 radical (unpaired) electrons. The van der Waals surface area contributed by atoms with Gasteiger partial charge in [0.1, 0.15) is 0 Å². The lowest BCUT2D eigenvalue weighted by Gasteiger charge is -2.09. The van der Waals surface area contributed by atoms with Gasteiger partial charge in [0.2, 0.25) is 15.9 Å². The van der Waals surface area contributed by atoms with Gasteiger partial charge in [-0.1, -0.05) is 36.4 Å². The summed E-state index contributed by atoms with van der Waals surface area (Å²) in [6.07, 6.45) is 1.66. The number of nitrogens with one attached hydrogen (secondary N) is 3. The van der Waals surface area contributed by atoms with Gasteiger partial charge >= 0.3 is 0 Å². The number of benzene rings is 2. The van der Waals surface area contributed by atoms with E-state index in [0.717, 1.165) is 18.4 Å². The van der Waals surface area contributed by atoms with Crippen LogP contribution in [0.5, 0.6) is 0 Å². The summed E-state index contributed by atoms with van der Waals surface area (Å²) in [5, 5.41) is 5.21. The zero-order valence-corrected chi connectivity index (χ0v) is 15.5. The molecule has 0 aromatic heterocycles. The van der Waals surface area contributed by atoms with Crippen molar-refractivity contribution in [3.8, 4) is 0 Å². The van der Waals surface area contributed by atoms with E-state index < -0.39 is 15.9 Å². The molecular weight excluding hydrogens is 366 g/mol. The number of carbonyl (C=O) groups is 2. The average Bonchev–Trinajstić information content (AvgIpc) is 3.48. The highest BCUT2D eigenvalue weighted by atomic mass is 32.2. The Morgan fingerprint density at radius 2 is 1.70 bits per heavy atom. The fourth-order valence-corrected chi connectivity index (χ4v) is 3.77. The van der Waals surface area contributed by atoms with Gasteiger partial charge in [0.05, 0.1) is 11.4 Å². The Hall–Kier alpha value is -2.71. The molecule has 0 unspecified atom stereocenters. The molecule has 0 bridgehead atoms. The molecule has 7 nitrogen and oxygen atoms in total. The summed E-state index contributed by atoms with van der Waals surface area (Å²) >= 11 is 0. The molecule has 142 valence electrons. The van der Waals surface area contributed by atoms with Gasteiger partial charge in [0.25, 0.3) is 5.91 Å². The Morgan fingerprint density at radius 3 is 2.41 bits per heavy atom. The van der Waals surface area contributed by atoms with Crippen molar-refractivity contribution in [3.63, 3.8) is 0 Å². The van der Waals surface area contributed by atoms with Crippen LogP contribution in [0.2, 0.25) is 0 Å².